The minimum atomic E-state index is -0.319. The summed E-state index contributed by atoms with van der Waals surface area (Å²) < 4.78 is 16.1. The van der Waals surface area contributed by atoms with Gasteiger partial charge in [0.2, 0.25) is 5.91 Å². The molecule has 7 heteroatoms. The van der Waals surface area contributed by atoms with Gasteiger partial charge in [0.15, 0.2) is 11.0 Å². The summed E-state index contributed by atoms with van der Waals surface area (Å²) >= 11 is 1.32. The number of para-hydroxylation sites is 1. The third-order valence-corrected chi connectivity index (χ3v) is 5.02. The van der Waals surface area contributed by atoms with Crippen molar-refractivity contribution in [2.24, 2.45) is 0 Å². The summed E-state index contributed by atoms with van der Waals surface area (Å²) in [7, 11) is 0. The van der Waals surface area contributed by atoms with Crippen molar-refractivity contribution in [3.05, 3.63) is 60.4 Å². The molecule has 0 atom stereocenters. The van der Waals surface area contributed by atoms with Gasteiger partial charge < -0.3 is 5.32 Å². The summed E-state index contributed by atoms with van der Waals surface area (Å²) in [4.78, 5) is 12.2. The second-order valence-corrected chi connectivity index (χ2v) is 7.03. The van der Waals surface area contributed by atoms with Gasteiger partial charge in [-0.2, -0.15) is 0 Å². The fourth-order valence-electron chi connectivity index (χ4n) is 2.71. The SMILES string of the molecule is O=C(CSc1nnc(-c2ccccc2F)n1C1CC1)Nc1ccccc1. The van der Waals surface area contributed by atoms with Crippen molar-refractivity contribution >= 4 is 23.4 Å². The fraction of sp³-hybridized carbons (Fsp3) is 0.211. The van der Waals surface area contributed by atoms with E-state index in [0.717, 1.165) is 18.5 Å². The van der Waals surface area contributed by atoms with Crippen LogP contribution >= 0.6 is 11.8 Å². The van der Waals surface area contributed by atoms with Crippen molar-refractivity contribution in [3.63, 3.8) is 0 Å². The largest absolute Gasteiger partial charge is 0.325 e. The Morgan fingerprint density at radius 1 is 1.12 bits per heavy atom. The van der Waals surface area contributed by atoms with Gasteiger partial charge in [0.1, 0.15) is 5.82 Å². The Kier molecular flexibility index (Phi) is 4.71. The summed E-state index contributed by atoms with van der Waals surface area (Å²) in [6.45, 7) is 0. The average molecular weight is 368 g/mol. The van der Waals surface area contributed by atoms with Crippen molar-refractivity contribution in [1.29, 1.82) is 0 Å². The average Bonchev–Trinajstić information content (AvgIpc) is 3.41. The normalized spacial score (nSPS) is 13.6. The smallest absolute Gasteiger partial charge is 0.234 e. The molecule has 132 valence electrons. The molecule has 0 radical (unpaired) electrons. The number of rotatable bonds is 6. The highest BCUT2D eigenvalue weighted by atomic mass is 32.2. The lowest BCUT2D eigenvalue weighted by molar-refractivity contribution is -0.113. The minimum Gasteiger partial charge on any atom is -0.325 e. The molecule has 0 unspecified atom stereocenters. The van der Waals surface area contributed by atoms with Gasteiger partial charge in [-0.15, -0.1) is 10.2 Å². The Bertz CT molecular complexity index is 924. The molecule has 0 spiro atoms. The van der Waals surface area contributed by atoms with Crippen LogP contribution in [-0.4, -0.2) is 26.4 Å². The van der Waals surface area contributed by atoms with Crippen LogP contribution in [0.5, 0.6) is 0 Å². The Balaban J connectivity index is 1.51. The first-order chi connectivity index (χ1) is 12.7. The number of anilines is 1. The van der Waals surface area contributed by atoms with Gasteiger partial charge in [0.05, 0.1) is 11.3 Å². The molecule has 1 aliphatic carbocycles. The lowest BCUT2D eigenvalue weighted by Crippen LogP contribution is -2.14. The second-order valence-electron chi connectivity index (χ2n) is 6.09. The molecule has 1 N–H and O–H groups in total. The van der Waals surface area contributed by atoms with Gasteiger partial charge >= 0.3 is 0 Å². The molecule has 1 heterocycles. The maximum absolute atomic E-state index is 14.2. The number of nitrogens with zero attached hydrogens (tertiary/aromatic N) is 3. The summed E-state index contributed by atoms with van der Waals surface area (Å²) in [5, 5.41) is 11.9. The van der Waals surface area contributed by atoms with Crippen LogP contribution in [0.25, 0.3) is 11.4 Å². The standard InChI is InChI=1S/C19H17FN4OS/c20-16-9-5-4-8-15(16)18-22-23-19(24(18)14-10-11-14)26-12-17(25)21-13-6-2-1-3-7-13/h1-9,14H,10-12H2,(H,21,25). The predicted molar refractivity (Wildman–Crippen MR) is 99.5 cm³/mol. The van der Waals surface area contributed by atoms with Crippen LogP contribution < -0.4 is 5.32 Å². The molecule has 26 heavy (non-hydrogen) atoms. The lowest BCUT2D eigenvalue weighted by Gasteiger charge is -2.09. The van der Waals surface area contributed by atoms with Crippen LogP contribution in [0.15, 0.2) is 59.8 Å². The maximum Gasteiger partial charge on any atom is 0.234 e. The van der Waals surface area contributed by atoms with Crippen LogP contribution in [0.4, 0.5) is 10.1 Å². The summed E-state index contributed by atoms with van der Waals surface area (Å²) in [5.74, 6) is 0.313. The van der Waals surface area contributed by atoms with E-state index in [9.17, 15) is 9.18 Å². The van der Waals surface area contributed by atoms with E-state index in [1.54, 1.807) is 18.2 Å². The number of halogens is 1. The van der Waals surface area contributed by atoms with E-state index in [2.05, 4.69) is 15.5 Å². The highest BCUT2D eigenvalue weighted by molar-refractivity contribution is 7.99. The van der Waals surface area contributed by atoms with Crippen molar-refractivity contribution in [1.82, 2.24) is 14.8 Å². The molecule has 1 aliphatic rings. The zero-order chi connectivity index (χ0) is 17.9. The van der Waals surface area contributed by atoms with E-state index in [-0.39, 0.29) is 23.5 Å². The van der Waals surface area contributed by atoms with Crippen molar-refractivity contribution in [2.75, 3.05) is 11.1 Å². The van der Waals surface area contributed by atoms with Gasteiger partial charge in [-0.3, -0.25) is 9.36 Å². The first kappa shape index (κ1) is 16.8. The fourth-order valence-corrected chi connectivity index (χ4v) is 3.52. The van der Waals surface area contributed by atoms with Gasteiger partial charge in [0.25, 0.3) is 0 Å². The van der Waals surface area contributed by atoms with E-state index in [1.807, 2.05) is 34.9 Å². The molecule has 1 fully saturated rings. The topological polar surface area (TPSA) is 59.8 Å². The number of carbonyl (C=O) groups excluding carboxylic acids is 1. The van der Waals surface area contributed by atoms with E-state index in [4.69, 9.17) is 0 Å². The summed E-state index contributed by atoms with van der Waals surface area (Å²) in [6.07, 6.45) is 2.03. The summed E-state index contributed by atoms with van der Waals surface area (Å²) in [5.41, 5.74) is 1.20. The number of aromatic nitrogens is 3. The van der Waals surface area contributed by atoms with Crippen molar-refractivity contribution in [2.45, 2.75) is 24.0 Å². The van der Waals surface area contributed by atoms with Gasteiger partial charge in [0, 0.05) is 11.7 Å². The molecular weight excluding hydrogens is 351 g/mol. The minimum absolute atomic E-state index is 0.112. The zero-order valence-corrected chi connectivity index (χ0v) is 14.7. The Labute approximate surface area is 154 Å². The Morgan fingerprint density at radius 2 is 1.85 bits per heavy atom. The number of hydrogen-bond acceptors (Lipinski definition) is 4. The molecule has 0 saturated heterocycles. The number of amides is 1. The molecular formula is C19H17FN4OS. The highest BCUT2D eigenvalue weighted by Gasteiger charge is 2.31. The number of carbonyl (C=O) groups is 1. The highest BCUT2D eigenvalue weighted by Crippen LogP contribution is 2.41. The van der Waals surface area contributed by atoms with Gasteiger partial charge in [-0.1, -0.05) is 42.1 Å². The van der Waals surface area contributed by atoms with Crippen LogP contribution in [0, 0.1) is 5.82 Å². The molecule has 0 aliphatic heterocycles. The van der Waals surface area contributed by atoms with Crippen molar-refractivity contribution < 1.29 is 9.18 Å². The molecule has 1 amide bonds. The quantitative estimate of drug-likeness (QED) is 0.664. The van der Waals surface area contributed by atoms with E-state index in [0.29, 0.717) is 16.5 Å². The number of nitrogens with one attached hydrogen (secondary N) is 1. The molecule has 5 nitrogen and oxygen atoms in total. The van der Waals surface area contributed by atoms with E-state index >= 15 is 0 Å². The van der Waals surface area contributed by atoms with Crippen LogP contribution in [-0.2, 0) is 4.79 Å². The predicted octanol–water partition coefficient (Wildman–Crippen LogP) is 4.15. The van der Waals surface area contributed by atoms with E-state index < -0.39 is 0 Å². The third-order valence-electron chi connectivity index (χ3n) is 4.08. The van der Waals surface area contributed by atoms with Gasteiger partial charge in [-0.25, -0.2) is 4.39 Å². The van der Waals surface area contributed by atoms with Gasteiger partial charge in [-0.05, 0) is 37.1 Å². The number of hydrogen-bond donors (Lipinski definition) is 1. The van der Waals surface area contributed by atoms with E-state index in [1.165, 1.54) is 17.8 Å². The number of thioether (sulfide) groups is 1. The Morgan fingerprint density at radius 3 is 2.58 bits per heavy atom. The summed E-state index contributed by atoms with van der Waals surface area (Å²) in [6, 6.07) is 16.1. The van der Waals surface area contributed by atoms with Crippen LogP contribution in [0.2, 0.25) is 0 Å². The Hall–Kier alpha value is -2.67. The first-order valence-corrected chi connectivity index (χ1v) is 9.38. The number of benzene rings is 2. The molecule has 1 saturated carbocycles. The third kappa shape index (κ3) is 3.62. The zero-order valence-electron chi connectivity index (χ0n) is 13.9. The molecule has 2 aromatic carbocycles. The monoisotopic (exact) mass is 368 g/mol. The van der Waals surface area contributed by atoms with Crippen LogP contribution in [0.1, 0.15) is 18.9 Å². The van der Waals surface area contributed by atoms with Crippen molar-refractivity contribution in [3.8, 4) is 11.4 Å². The molecule has 1 aromatic heterocycles. The molecule has 0 bridgehead atoms. The second kappa shape index (κ2) is 7.29. The van der Waals surface area contributed by atoms with Crippen LogP contribution in [0.3, 0.4) is 0 Å². The molecule has 4 rings (SSSR count). The maximum atomic E-state index is 14.2. The molecule has 3 aromatic rings. The first-order valence-electron chi connectivity index (χ1n) is 8.40. The lowest BCUT2D eigenvalue weighted by atomic mass is 10.2.